The van der Waals surface area contributed by atoms with E-state index in [1.54, 1.807) is 29.8 Å². The molecule has 1 aromatic heterocycles. The number of nitrogens with zero attached hydrogens (tertiary/aromatic N) is 2. The minimum absolute atomic E-state index is 0.0216. The number of carboxylic acid groups (broad SMARTS) is 1. The highest BCUT2D eigenvalue weighted by Gasteiger charge is 2.18. The van der Waals surface area contributed by atoms with Crippen molar-refractivity contribution in [2.24, 2.45) is 0 Å². The van der Waals surface area contributed by atoms with Gasteiger partial charge in [0.25, 0.3) is 5.69 Å². The lowest BCUT2D eigenvalue weighted by molar-refractivity contribution is -0.384. The number of carbonyl (C=O) groups excluding carboxylic acids is 1. The molecule has 2 aromatic rings. The lowest BCUT2D eigenvalue weighted by Gasteiger charge is -2.13. The van der Waals surface area contributed by atoms with Crippen LogP contribution in [0.4, 0.5) is 5.69 Å². The Morgan fingerprint density at radius 1 is 1.41 bits per heavy atom. The van der Waals surface area contributed by atoms with Crippen molar-refractivity contribution in [3.8, 4) is 0 Å². The predicted molar refractivity (Wildman–Crippen MR) is 78.4 cm³/mol. The zero-order chi connectivity index (χ0) is 16.3. The number of carbonyl (C=O) groups is 2. The number of amides is 1. The van der Waals surface area contributed by atoms with E-state index in [1.807, 2.05) is 0 Å². The number of nitrogens with one attached hydrogen (secondary N) is 1. The lowest BCUT2D eigenvalue weighted by Crippen LogP contribution is -2.41. The number of nitro groups is 1. The van der Waals surface area contributed by atoms with E-state index in [-0.39, 0.29) is 12.2 Å². The van der Waals surface area contributed by atoms with Crippen LogP contribution in [0, 0.1) is 10.1 Å². The Balaban J connectivity index is 2.16. The summed E-state index contributed by atoms with van der Waals surface area (Å²) in [5.74, 6) is -1.51. The molecular formula is C14H15N3O5. The zero-order valence-corrected chi connectivity index (χ0v) is 11.9. The van der Waals surface area contributed by atoms with Crippen LogP contribution in [0.5, 0.6) is 0 Å². The molecule has 0 saturated carbocycles. The molecule has 8 nitrogen and oxygen atoms in total. The van der Waals surface area contributed by atoms with Crippen LogP contribution in [-0.4, -0.2) is 32.5 Å². The minimum Gasteiger partial charge on any atom is -0.480 e. The van der Waals surface area contributed by atoms with Crippen molar-refractivity contribution in [1.82, 2.24) is 9.88 Å². The molecule has 0 aliphatic carbocycles. The van der Waals surface area contributed by atoms with E-state index < -0.39 is 22.8 Å². The Morgan fingerprint density at radius 3 is 2.73 bits per heavy atom. The fraction of sp³-hybridized carbons (Fsp3) is 0.286. The summed E-state index contributed by atoms with van der Waals surface area (Å²) in [4.78, 5) is 33.0. The predicted octanol–water partition coefficient (Wildman–Crippen LogP) is 1.53. The number of hydrogen-bond donors (Lipinski definition) is 2. The first-order chi connectivity index (χ1) is 10.4. The number of nitro benzene ring substituents is 1. The number of aromatic nitrogens is 1. The molecule has 0 spiro atoms. The van der Waals surface area contributed by atoms with Gasteiger partial charge in [-0.1, -0.05) is 6.92 Å². The molecule has 0 fully saturated rings. The second-order valence-electron chi connectivity index (χ2n) is 4.81. The number of rotatable bonds is 6. The molecule has 0 aliphatic rings. The molecule has 1 unspecified atom stereocenters. The summed E-state index contributed by atoms with van der Waals surface area (Å²) < 4.78 is 1.61. The van der Waals surface area contributed by atoms with Crippen molar-refractivity contribution >= 4 is 28.5 Å². The molecule has 1 aromatic carbocycles. The van der Waals surface area contributed by atoms with Crippen molar-refractivity contribution in [1.29, 1.82) is 0 Å². The highest BCUT2D eigenvalue weighted by atomic mass is 16.6. The summed E-state index contributed by atoms with van der Waals surface area (Å²) in [7, 11) is 0. The summed E-state index contributed by atoms with van der Waals surface area (Å²) in [5, 5.41) is 22.7. The molecule has 0 aliphatic heterocycles. The van der Waals surface area contributed by atoms with Gasteiger partial charge in [0, 0.05) is 29.2 Å². The van der Waals surface area contributed by atoms with Crippen LogP contribution in [0.3, 0.4) is 0 Å². The van der Waals surface area contributed by atoms with Crippen molar-refractivity contribution in [2.75, 3.05) is 0 Å². The first kappa shape index (κ1) is 15.5. The second kappa shape index (κ2) is 6.25. The quantitative estimate of drug-likeness (QED) is 0.620. The zero-order valence-electron chi connectivity index (χ0n) is 11.9. The molecule has 116 valence electrons. The van der Waals surface area contributed by atoms with E-state index in [0.717, 1.165) is 0 Å². The molecule has 2 rings (SSSR count). The summed E-state index contributed by atoms with van der Waals surface area (Å²) in [6.07, 6.45) is 1.93. The van der Waals surface area contributed by atoms with Gasteiger partial charge < -0.3 is 15.0 Å². The number of fused-ring (bicyclic) bond motifs is 1. The van der Waals surface area contributed by atoms with Gasteiger partial charge in [-0.05, 0) is 18.6 Å². The molecule has 1 atom stereocenters. The minimum atomic E-state index is -1.08. The average Bonchev–Trinajstić information content (AvgIpc) is 2.86. The van der Waals surface area contributed by atoms with Gasteiger partial charge in [-0.2, -0.15) is 0 Å². The van der Waals surface area contributed by atoms with E-state index in [9.17, 15) is 19.7 Å². The number of hydrogen-bond acceptors (Lipinski definition) is 4. The fourth-order valence-corrected chi connectivity index (χ4v) is 2.17. The smallest absolute Gasteiger partial charge is 0.326 e. The van der Waals surface area contributed by atoms with Gasteiger partial charge in [0.15, 0.2) is 0 Å². The van der Waals surface area contributed by atoms with Gasteiger partial charge in [0.2, 0.25) is 5.91 Å². The molecule has 1 amide bonds. The van der Waals surface area contributed by atoms with E-state index in [4.69, 9.17) is 5.11 Å². The van der Waals surface area contributed by atoms with E-state index >= 15 is 0 Å². The van der Waals surface area contributed by atoms with Crippen LogP contribution in [0.25, 0.3) is 10.9 Å². The third-order valence-corrected chi connectivity index (χ3v) is 3.32. The normalized spacial score (nSPS) is 12.0. The maximum Gasteiger partial charge on any atom is 0.326 e. The van der Waals surface area contributed by atoms with Crippen molar-refractivity contribution in [3.05, 3.63) is 40.6 Å². The topological polar surface area (TPSA) is 114 Å². The third kappa shape index (κ3) is 3.22. The van der Waals surface area contributed by atoms with Gasteiger partial charge in [-0.3, -0.25) is 14.9 Å². The van der Waals surface area contributed by atoms with Crippen molar-refractivity contribution in [3.63, 3.8) is 0 Å². The van der Waals surface area contributed by atoms with Gasteiger partial charge in [0.1, 0.15) is 12.6 Å². The molecular weight excluding hydrogens is 290 g/mol. The second-order valence-corrected chi connectivity index (χ2v) is 4.81. The molecule has 22 heavy (non-hydrogen) atoms. The Bertz CT molecular complexity index is 737. The van der Waals surface area contributed by atoms with Crippen molar-refractivity contribution < 1.29 is 19.6 Å². The fourth-order valence-electron chi connectivity index (χ4n) is 2.17. The number of aliphatic carboxylic acids is 1. The molecule has 0 bridgehead atoms. The molecule has 1 heterocycles. The van der Waals surface area contributed by atoms with Crippen LogP contribution >= 0.6 is 0 Å². The van der Waals surface area contributed by atoms with Crippen LogP contribution in [0.15, 0.2) is 30.5 Å². The maximum absolute atomic E-state index is 11.9. The molecule has 0 saturated heterocycles. The van der Waals surface area contributed by atoms with Crippen LogP contribution in [0.1, 0.15) is 13.3 Å². The third-order valence-electron chi connectivity index (χ3n) is 3.32. The molecule has 2 N–H and O–H groups in total. The number of non-ortho nitro benzene ring substituents is 1. The van der Waals surface area contributed by atoms with Crippen LogP contribution < -0.4 is 5.32 Å². The van der Waals surface area contributed by atoms with E-state index in [1.165, 1.54) is 12.1 Å². The summed E-state index contributed by atoms with van der Waals surface area (Å²) in [6, 6.07) is 5.10. The maximum atomic E-state index is 11.9. The number of carboxylic acids is 1. The van der Waals surface area contributed by atoms with Gasteiger partial charge in [0.05, 0.1) is 4.92 Å². The first-order valence-corrected chi connectivity index (χ1v) is 6.67. The van der Waals surface area contributed by atoms with Crippen molar-refractivity contribution in [2.45, 2.75) is 25.9 Å². The highest BCUT2D eigenvalue weighted by Crippen LogP contribution is 2.21. The van der Waals surface area contributed by atoms with Gasteiger partial charge >= 0.3 is 5.97 Å². The van der Waals surface area contributed by atoms with Crippen LogP contribution in [0.2, 0.25) is 0 Å². The van der Waals surface area contributed by atoms with Gasteiger partial charge in [-0.15, -0.1) is 0 Å². The Hall–Kier alpha value is -2.90. The SMILES string of the molecule is CCC(NC(=O)Cn1ccc2cc([N+](=O)[O-])ccc21)C(=O)O. The molecule has 0 radical (unpaired) electrons. The number of benzene rings is 1. The first-order valence-electron chi connectivity index (χ1n) is 6.67. The van der Waals surface area contributed by atoms with Crippen LogP contribution in [-0.2, 0) is 16.1 Å². The Labute approximate surface area is 125 Å². The van der Waals surface area contributed by atoms with E-state index in [2.05, 4.69) is 5.32 Å². The Kier molecular flexibility index (Phi) is 4.40. The molecule has 8 heteroatoms. The average molecular weight is 305 g/mol. The standard InChI is InChI=1S/C14H15N3O5/c1-2-11(14(19)20)15-13(18)8-16-6-5-9-7-10(17(21)22)3-4-12(9)16/h3-7,11H,2,8H2,1H3,(H,15,18)(H,19,20). The monoisotopic (exact) mass is 305 g/mol. The van der Waals surface area contributed by atoms with Gasteiger partial charge in [-0.25, -0.2) is 4.79 Å². The summed E-state index contributed by atoms with van der Waals surface area (Å²) in [6.45, 7) is 1.62. The Morgan fingerprint density at radius 2 is 2.14 bits per heavy atom. The largest absolute Gasteiger partial charge is 0.480 e. The lowest BCUT2D eigenvalue weighted by atomic mass is 10.2. The highest BCUT2D eigenvalue weighted by molar-refractivity contribution is 5.86. The summed E-state index contributed by atoms with van der Waals surface area (Å²) >= 11 is 0. The summed E-state index contributed by atoms with van der Waals surface area (Å²) in [5.41, 5.74) is 0.649. The van der Waals surface area contributed by atoms with E-state index in [0.29, 0.717) is 17.3 Å².